The van der Waals surface area contributed by atoms with Crippen LogP contribution in [0.15, 0.2) is 48.8 Å². The number of carbonyl (C=O) groups excluding carboxylic acids is 1. The largest absolute Gasteiger partial charge is 0.344 e. The standard InChI is InChI=1S/C16H13N3O/c1-12(13-7-3-2-4-8-13)17-16(20)14-11-19-10-6-5-9-15(19)18-14/h2-4,6-8,10-12H,1H3,(H,17,20)/t12-/m1/s1. The third-order valence-corrected chi connectivity index (χ3v) is 3.11. The number of carbonyl (C=O) groups is 1. The molecule has 98 valence electrons. The minimum atomic E-state index is -0.196. The molecule has 20 heavy (non-hydrogen) atoms. The van der Waals surface area contributed by atoms with Crippen LogP contribution in [0.2, 0.25) is 0 Å². The number of benzene rings is 1. The predicted octanol–water partition coefficient (Wildman–Crippen LogP) is 2.43. The van der Waals surface area contributed by atoms with Crippen molar-refractivity contribution >= 4 is 11.6 Å². The average Bonchev–Trinajstić information content (AvgIpc) is 2.92. The van der Waals surface area contributed by atoms with Gasteiger partial charge >= 0.3 is 0 Å². The Morgan fingerprint density at radius 3 is 2.90 bits per heavy atom. The molecule has 1 aromatic carbocycles. The van der Waals surface area contributed by atoms with Crippen molar-refractivity contribution in [1.29, 1.82) is 0 Å². The Kier molecular flexibility index (Phi) is 3.10. The normalized spacial score (nSPS) is 11.8. The van der Waals surface area contributed by atoms with Crippen molar-refractivity contribution < 1.29 is 4.79 Å². The Labute approximate surface area is 117 Å². The van der Waals surface area contributed by atoms with Gasteiger partial charge < -0.3 is 5.32 Å². The second kappa shape index (κ2) is 5.06. The van der Waals surface area contributed by atoms with Gasteiger partial charge in [0.2, 0.25) is 0 Å². The van der Waals surface area contributed by atoms with Gasteiger partial charge in [-0.3, -0.25) is 9.20 Å². The SMILES string of the molecule is C[C@@H](NC(=O)c1cn2ccc#cc2n1)c1ccccc1. The first-order chi connectivity index (χ1) is 9.74. The summed E-state index contributed by atoms with van der Waals surface area (Å²) < 4.78 is 1.75. The van der Waals surface area contributed by atoms with Gasteiger partial charge in [0.1, 0.15) is 5.69 Å². The van der Waals surface area contributed by atoms with Crippen molar-refractivity contribution in [1.82, 2.24) is 14.7 Å². The first-order valence-corrected chi connectivity index (χ1v) is 6.37. The molecule has 0 unspecified atom stereocenters. The van der Waals surface area contributed by atoms with Crippen molar-refractivity contribution in [2.75, 3.05) is 0 Å². The number of imidazole rings is 1. The van der Waals surface area contributed by atoms with E-state index in [1.54, 1.807) is 22.9 Å². The van der Waals surface area contributed by atoms with E-state index in [9.17, 15) is 4.79 Å². The maximum atomic E-state index is 12.2. The molecule has 0 fully saturated rings. The van der Waals surface area contributed by atoms with Gasteiger partial charge in [-0.15, -0.1) is 0 Å². The molecule has 3 aromatic rings. The second-order valence-corrected chi connectivity index (χ2v) is 4.55. The van der Waals surface area contributed by atoms with Crippen LogP contribution < -0.4 is 5.32 Å². The third-order valence-electron chi connectivity index (χ3n) is 3.11. The van der Waals surface area contributed by atoms with Crippen LogP contribution in [0.3, 0.4) is 0 Å². The number of hydrogen-bond donors (Lipinski definition) is 1. The lowest BCUT2D eigenvalue weighted by molar-refractivity contribution is 0.0935. The molecule has 3 rings (SSSR count). The molecule has 4 heteroatoms. The maximum absolute atomic E-state index is 12.2. The Morgan fingerprint density at radius 1 is 1.35 bits per heavy atom. The molecule has 2 heterocycles. The summed E-state index contributed by atoms with van der Waals surface area (Å²) in [7, 11) is 0. The van der Waals surface area contributed by atoms with E-state index in [2.05, 4.69) is 22.4 Å². The number of nitrogens with zero attached hydrogens (tertiary/aromatic N) is 2. The Hall–Kier alpha value is -2.80. The zero-order valence-electron chi connectivity index (χ0n) is 11.0. The maximum Gasteiger partial charge on any atom is 0.272 e. The fraction of sp³-hybridized carbons (Fsp3) is 0.125. The fourth-order valence-corrected chi connectivity index (χ4v) is 2.03. The van der Waals surface area contributed by atoms with Gasteiger partial charge in [0, 0.05) is 18.5 Å². The lowest BCUT2D eigenvalue weighted by Crippen LogP contribution is -2.26. The second-order valence-electron chi connectivity index (χ2n) is 4.55. The molecule has 1 N–H and O–H groups in total. The van der Waals surface area contributed by atoms with Crippen LogP contribution in [0.25, 0.3) is 5.65 Å². The van der Waals surface area contributed by atoms with Crippen molar-refractivity contribution in [3.63, 3.8) is 0 Å². The predicted molar refractivity (Wildman–Crippen MR) is 75.2 cm³/mol. The molecule has 0 aliphatic carbocycles. The van der Waals surface area contributed by atoms with Crippen LogP contribution in [0, 0.1) is 12.1 Å². The smallest absolute Gasteiger partial charge is 0.272 e. The van der Waals surface area contributed by atoms with Crippen LogP contribution in [-0.4, -0.2) is 15.3 Å². The van der Waals surface area contributed by atoms with E-state index in [0.717, 1.165) is 5.56 Å². The molecule has 4 nitrogen and oxygen atoms in total. The highest BCUT2D eigenvalue weighted by Crippen LogP contribution is 2.12. The minimum Gasteiger partial charge on any atom is -0.344 e. The highest BCUT2D eigenvalue weighted by molar-refractivity contribution is 5.93. The van der Waals surface area contributed by atoms with E-state index >= 15 is 0 Å². The molecule has 0 spiro atoms. The average molecular weight is 263 g/mol. The number of hydrogen-bond acceptors (Lipinski definition) is 2. The van der Waals surface area contributed by atoms with E-state index in [-0.39, 0.29) is 11.9 Å². The van der Waals surface area contributed by atoms with Crippen LogP contribution in [0.1, 0.15) is 29.0 Å². The molecular weight excluding hydrogens is 250 g/mol. The molecule has 0 radical (unpaired) electrons. The van der Waals surface area contributed by atoms with Crippen LogP contribution in [0.5, 0.6) is 0 Å². The van der Waals surface area contributed by atoms with Crippen LogP contribution >= 0.6 is 0 Å². The number of aromatic nitrogens is 2. The quantitative estimate of drug-likeness (QED) is 0.789. The zero-order chi connectivity index (χ0) is 13.9. The van der Waals surface area contributed by atoms with Crippen LogP contribution in [0.4, 0.5) is 0 Å². The summed E-state index contributed by atoms with van der Waals surface area (Å²) in [4.78, 5) is 16.4. The summed E-state index contributed by atoms with van der Waals surface area (Å²) in [6, 6.07) is 17.2. The van der Waals surface area contributed by atoms with Gasteiger partial charge in [0.25, 0.3) is 5.91 Å². The van der Waals surface area contributed by atoms with E-state index < -0.39 is 0 Å². The van der Waals surface area contributed by atoms with Crippen LogP contribution in [-0.2, 0) is 0 Å². The molecule has 0 bridgehead atoms. The first kappa shape index (κ1) is 12.2. The Balaban J connectivity index is 1.79. The van der Waals surface area contributed by atoms with Gasteiger partial charge in [0.15, 0.2) is 5.65 Å². The van der Waals surface area contributed by atoms with E-state index in [0.29, 0.717) is 11.3 Å². The van der Waals surface area contributed by atoms with Crippen molar-refractivity contribution in [2.24, 2.45) is 0 Å². The summed E-state index contributed by atoms with van der Waals surface area (Å²) >= 11 is 0. The van der Waals surface area contributed by atoms with Gasteiger partial charge in [0.05, 0.1) is 6.04 Å². The molecule has 0 saturated heterocycles. The summed E-state index contributed by atoms with van der Waals surface area (Å²) in [6.07, 6.45) is 3.48. The van der Waals surface area contributed by atoms with Gasteiger partial charge in [-0.1, -0.05) is 36.4 Å². The molecule has 1 atom stereocenters. The molecular formula is C16H13N3O. The van der Waals surface area contributed by atoms with Gasteiger partial charge in [-0.05, 0) is 18.6 Å². The first-order valence-electron chi connectivity index (χ1n) is 6.37. The summed E-state index contributed by atoms with van der Waals surface area (Å²) in [5, 5.41) is 2.93. The number of amides is 1. The summed E-state index contributed by atoms with van der Waals surface area (Å²) in [5.41, 5.74) is 2.03. The molecule has 0 aliphatic heterocycles. The highest BCUT2D eigenvalue weighted by Gasteiger charge is 2.14. The lowest BCUT2D eigenvalue weighted by Gasteiger charge is -2.12. The monoisotopic (exact) mass is 263 g/mol. The molecule has 0 aliphatic rings. The van der Waals surface area contributed by atoms with Gasteiger partial charge in [-0.25, -0.2) is 4.98 Å². The third kappa shape index (κ3) is 2.34. The molecule has 2 aromatic heterocycles. The van der Waals surface area contributed by atoms with E-state index in [1.807, 2.05) is 37.3 Å². The fourth-order valence-electron chi connectivity index (χ4n) is 2.03. The van der Waals surface area contributed by atoms with E-state index in [4.69, 9.17) is 0 Å². The highest BCUT2D eigenvalue weighted by atomic mass is 16.1. The van der Waals surface area contributed by atoms with Crippen molar-refractivity contribution in [3.05, 3.63) is 72.2 Å². The van der Waals surface area contributed by atoms with Gasteiger partial charge in [-0.2, -0.15) is 0 Å². The van der Waals surface area contributed by atoms with Crippen molar-refractivity contribution in [3.8, 4) is 0 Å². The summed E-state index contributed by atoms with van der Waals surface area (Å²) in [6.45, 7) is 1.95. The number of nitrogens with one attached hydrogen (secondary N) is 1. The number of rotatable bonds is 3. The zero-order valence-corrected chi connectivity index (χ0v) is 11.0. The Bertz CT molecular complexity index is 701. The molecule has 0 saturated carbocycles. The summed E-state index contributed by atoms with van der Waals surface area (Å²) in [5.74, 6) is -0.196. The van der Waals surface area contributed by atoms with E-state index in [1.165, 1.54) is 0 Å². The van der Waals surface area contributed by atoms with Crippen molar-refractivity contribution in [2.45, 2.75) is 13.0 Å². The topological polar surface area (TPSA) is 46.4 Å². The number of fused-ring (bicyclic) bond motifs is 1. The minimum absolute atomic E-state index is 0.0657. The lowest BCUT2D eigenvalue weighted by atomic mass is 10.1. The molecule has 1 amide bonds. The Morgan fingerprint density at radius 2 is 2.15 bits per heavy atom.